The van der Waals surface area contributed by atoms with Crippen LogP contribution in [0.1, 0.15) is 75.2 Å². The van der Waals surface area contributed by atoms with Crippen LogP contribution in [0.15, 0.2) is 84.0 Å². The van der Waals surface area contributed by atoms with Gasteiger partial charge in [0.25, 0.3) is 5.76 Å². The molecular weight excluding hydrogens is 785 g/mol. The van der Waals surface area contributed by atoms with Crippen LogP contribution in [0.25, 0.3) is 0 Å². The normalized spacial score (nSPS) is 19.9. The van der Waals surface area contributed by atoms with Gasteiger partial charge in [0.05, 0.1) is 27.1 Å². The Kier molecular flexibility index (Phi) is 12.6. The molecule has 1 unspecified atom stereocenters. The highest BCUT2D eigenvalue weighted by Gasteiger charge is 2.38. The van der Waals surface area contributed by atoms with Gasteiger partial charge in [-0.25, -0.2) is 9.59 Å². The minimum atomic E-state index is -2.68. The lowest BCUT2D eigenvalue weighted by molar-refractivity contribution is -0.159. The minimum Gasteiger partial charge on any atom is -0.492 e. The zero-order valence-corrected chi connectivity index (χ0v) is 32.5. The highest BCUT2D eigenvalue weighted by atomic mass is 35.5. The van der Waals surface area contributed by atoms with Crippen molar-refractivity contribution in [3.63, 3.8) is 0 Å². The number of rotatable bonds is 16. The van der Waals surface area contributed by atoms with Crippen LogP contribution in [-0.4, -0.2) is 65.8 Å². The van der Waals surface area contributed by atoms with E-state index in [0.29, 0.717) is 47.5 Å². The number of carbonyl (C=O) groups is 3. The molecule has 8 rings (SSSR count). The van der Waals surface area contributed by atoms with Gasteiger partial charge in [0.15, 0.2) is 6.04 Å². The largest absolute Gasteiger partial charge is 0.492 e. The van der Waals surface area contributed by atoms with Crippen LogP contribution >= 0.6 is 35.0 Å². The Labute approximate surface area is 337 Å². The van der Waals surface area contributed by atoms with Gasteiger partial charge in [-0.1, -0.05) is 71.4 Å². The molecule has 1 aromatic heterocycles. The molecular formula is C41H40Cl2F2N4O6S. The van der Waals surface area contributed by atoms with Crippen molar-refractivity contribution >= 4 is 58.5 Å². The van der Waals surface area contributed by atoms with Crippen molar-refractivity contribution in [1.82, 2.24) is 9.88 Å². The van der Waals surface area contributed by atoms with Crippen molar-refractivity contribution in [2.24, 2.45) is 17.6 Å². The van der Waals surface area contributed by atoms with E-state index in [0.717, 1.165) is 38.8 Å². The number of nitrogens with one attached hydrogen (secondary N) is 1. The first-order valence-corrected chi connectivity index (χ1v) is 20.0. The maximum atomic E-state index is 14.2. The van der Waals surface area contributed by atoms with Crippen molar-refractivity contribution in [2.75, 3.05) is 31.6 Å². The van der Waals surface area contributed by atoms with Gasteiger partial charge >= 0.3 is 11.9 Å². The summed E-state index contributed by atoms with van der Waals surface area (Å²) in [5.41, 5.74) is 7.40. The van der Waals surface area contributed by atoms with E-state index in [2.05, 4.69) is 15.2 Å². The van der Waals surface area contributed by atoms with Gasteiger partial charge in [0.2, 0.25) is 5.91 Å². The van der Waals surface area contributed by atoms with Gasteiger partial charge < -0.3 is 25.3 Å². The van der Waals surface area contributed by atoms with Crippen LogP contribution in [-0.2, 0) is 20.7 Å². The third-order valence-electron chi connectivity index (χ3n) is 10.3. The predicted octanol–water partition coefficient (Wildman–Crippen LogP) is 8.52. The Morgan fingerprint density at radius 2 is 1.64 bits per heavy atom. The molecule has 15 heteroatoms. The van der Waals surface area contributed by atoms with Gasteiger partial charge in [0.1, 0.15) is 18.0 Å². The summed E-state index contributed by atoms with van der Waals surface area (Å²) < 4.78 is 45.3. The van der Waals surface area contributed by atoms with Gasteiger partial charge in [0, 0.05) is 36.6 Å². The summed E-state index contributed by atoms with van der Waals surface area (Å²) in [6.07, 6.45) is 5.40. The molecule has 4 heterocycles. The van der Waals surface area contributed by atoms with Crippen molar-refractivity contribution in [1.29, 1.82) is 0 Å². The molecule has 1 saturated carbocycles. The lowest BCUT2D eigenvalue weighted by atomic mass is 9.86. The molecule has 10 nitrogen and oxygen atoms in total. The van der Waals surface area contributed by atoms with Crippen LogP contribution in [0.4, 0.5) is 14.5 Å². The number of halogens is 4. The first-order chi connectivity index (χ1) is 27.0. The predicted molar refractivity (Wildman–Crippen MR) is 209 cm³/mol. The topological polar surface area (TPSA) is 133 Å². The number of carbonyl (C=O) groups excluding carboxylic acids is 3. The molecule has 4 aromatic rings. The highest BCUT2D eigenvalue weighted by molar-refractivity contribution is 7.99. The molecule has 3 saturated heterocycles. The van der Waals surface area contributed by atoms with Crippen LogP contribution in [0.5, 0.6) is 5.75 Å². The smallest absolute Gasteiger partial charge is 0.338 e. The number of fused-ring (bicyclic) bond motifs is 3. The van der Waals surface area contributed by atoms with Gasteiger partial charge in [-0.3, -0.25) is 14.7 Å². The molecule has 1 aliphatic carbocycles. The maximum Gasteiger partial charge on any atom is 0.338 e. The molecule has 3 N–H and O–H groups in total. The average molecular weight is 826 g/mol. The molecule has 3 aliphatic heterocycles. The number of benzene rings is 3. The minimum absolute atomic E-state index is 0.0135. The second kappa shape index (κ2) is 17.8. The quantitative estimate of drug-likeness (QED) is 0.0837. The number of esters is 2. The fourth-order valence-corrected chi connectivity index (χ4v) is 8.18. The van der Waals surface area contributed by atoms with Crippen molar-refractivity contribution in [2.45, 2.75) is 61.0 Å². The van der Waals surface area contributed by atoms with E-state index in [9.17, 15) is 23.2 Å². The standard InChI is InChI=1S/C41H40Cl2F2N4O6S/c42-31-19-47-20-32(43)30(31)18-33(26-8-9-36(56-41(44)45)34(17-26)53-22-23-6-7-23)54-39(51)28-14-27(38(46)50)15-29(16-28)48-37(25-4-2-1-3-5-25)40(52)55-35-21-49-12-10-24(35)11-13-49/h1-5,8-9,14-17,19-20,23-24,33,35,37,41,48H,6-7,10-13,18,21-22H2,(H2,46,50)/t33-,35-,37?/m0/s1. The van der Waals surface area contributed by atoms with Crippen molar-refractivity contribution in [3.8, 4) is 5.75 Å². The van der Waals surface area contributed by atoms with Crippen LogP contribution in [0, 0.1) is 11.8 Å². The summed E-state index contributed by atoms with van der Waals surface area (Å²) in [4.78, 5) is 47.2. The van der Waals surface area contributed by atoms with Crippen LogP contribution < -0.4 is 15.8 Å². The maximum absolute atomic E-state index is 14.2. The lowest BCUT2D eigenvalue weighted by Crippen LogP contribution is -2.52. The fraction of sp³-hybridized carbons (Fsp3) is 0.366. The van der Waals surface area contributed by atoms with E-state index in [1.807, 2.05) is 6.07 Å². The number of alkyl halides is 2. The average Bonchev–Trinajstić information content (AvgIpc) is 4.03. The zero-order chi connectivity index (χ0) is 39.3. The van der Waals surface area contributed by atoms with Gasteiger partial charge in [-0.2, -0.15) is 8.78 Å². The molecule has 3 aromatic carbocycles. The Morgan fingerprint density at radius 3 is 2.29 bits per heavy atom. The number of nitrogens with two attached hydrogens (primary N) is 1. The first kappa shape index (κ1) is 39.8. The number of ether oxygens (including phenoxy) is 3. The highest BCUT2D eigenvalue weighted by Crippen LogP contribution is 2.40. The third-order valence-corrected chi connectivity index (χ3v) is 11.7. The van der Waals surface area contributed by atoms with Gasteiger partial charge in [-0.15, -0.1) is 0 Å². The summed E-state index contributed by atoms with van der Waals surface area (Å²) >= 11 is 13.4. The lowest BCUT2D eigenvalue weighted by Gasteiger charge is -2.44. The van der Waals surface area contributed by atoms with E-state index < -0.39 is 35.7 Å². The molecule has 2 bridgehead atoms. The number of primary amides is 1. The summed E-state index contributed by atoms with van der Waals surface area (Å²) in [6.45, 7) is 3.00. The Balaban J connectivity index is 1.19. The van der Waals surface area contributed by atoms with E-state index in [-0.39, 0.29) is 55.9 Å². The van der Waals surface area contributed by atoms with Crippen LogP contribution in [0.2, 0.25) is 10.0 Å². The number of anilines is 1. The second-order valence-electron chi connectivity index (χ2n) is 14.3. The number of amides is 1. The summed E-state index contributed by atoms with van der Waals surface area (Å²) in [5.74, 6) is -3.99. The number of aromatic nitrogens is 1. The number of nitrogens with zero attached hydrogens (tertiary/aromatic N) is 2. The van der Waals surface area contributed by atoms with Crippen molar-refractivity contribution < 1.29 is 37.4 Å². The molecule has 4 aliphatic rings. The molecule has 294 valence electrons. The summed E-state index contributed by atoms with van der Waals surface area (Å²) in [6, 6.07) is 16.9. The Hall–Kier alpha value is -4.43. The van der Waals surface area contributed by atoms with Gasteiger partial charge in [-0.05, 0) is 97.6 Å². The molecule has 0 spiro atoms. The molecule has 1 amide bonds. The molecule has 3 atom stereocenters. The Morgan fingerprint density at radius 1 is 0.929 bits per heavy atom. The summed E-state index contributed by atoms with van der Waals surface area (Å²) in [5, 5.41) is 3.65. The zero-order valence-electron chi connectivity index (χ0n) is 30.2. The Bertz CT molecular complexity index is 2050. The van der Waals surface area contributed by atoms with E-state index in [1.165, 1.54) is 36.7 Å². The molecule has 56 heavy (non-hydrogen) atoms. The number of hydrogen-bond acceptors (Lipinski definition) is 10. The van der Waals surface area contributed by atoms with Crippen LogP contribution in [0.3, 0.4) is 0 Å². The summed E-state index contributed by atoms with van der Waals surface area (Å²) in [7, 11) is 0. The third kappa shape index (κ3) is 9.92. The number of piperidine rings is 3. The fourth-order valence-electron chi connectivity index (χ4n) is 7.09. The second-order valence-corrected chi connectivity index (χ2v) is 16.1. The van der Waals surface area contributed by atoms with Crippen molar-refractivity contribution in [3.05, 3.63) is 117 Å². The number of hydrogen-bond donors (Lipinski definition) is 2. The van der Waals surface area contributed by atoms with E-state index >= 15 is 0 Å². The first-order valence-electron chi connectivity index (χ1n) is 18.4. The monoisotopic (exact) mass is 824 g/mol. The SMILES string of the molecule is NC(=O)c1cc(NC(C(=O)O[C@H]2CN3CCC2CC3)c2ccccc2)cc(C(=O)O[C@@H](Cc2c(Cl)cncc2Cl)c2ccc(SC(F)F)c(OCC3CC3)c2)c1. The molecule has 0 radical (unpaired) electrons. The number of thioether (sulfide) groups is 1. The molecule has 4 fully saturated rings. The number of pyridine rings is 1. The van der Waals surface area contributed by atoms with E-state index in [1.54, 1.807) is 36.4 Å². The van der Waals surface area contributed by atoms with E-state index in [4.69, 9.17) is 43.1 Å².